The van der Waals surface area contributed by atoms with Gasteiger partial charge in [0.1, 0.15) is 6.61 Å². The quantitative estimate of drug-likeness (QED) is 0.780. The molecule has 1 heterocycles. The first-order valence-electron chi connectivity index (χ1n) is 5.28. The molecule has 0 bridgehead atoms. The van der Waals surface area contributed by atoms with Gasteiger partial charge in [-0.1, -0.05) is 13.3 Å². The summed E-state index contributed by atoms with van der Waals surface area (Å²) in [6.07, 6.45) is 2.19. The predicted molar refractivity (Wildman–Crippen MR) is 62.4 cm³/mol. The van der Waals surface area contributed by atoms with E-state index in [1.807, 2.05) is 4.90 Å². The first kappa shape index (κ1) is 14.7. The van der Waals surface area contributed by atoms with Gasteiger partial charge in [0.25, 0.3) is 0 Å². The van der Waals surface area contributed by atoms with E-state index in [1.54, 1.807) is 7.11 Å². The molecule has 0 radical (unpaired) electrons. The summed E-state index contributed by atoms with van der Waals surface area (Å²) in [5, 5.41) is 3.31. The maximum Gasteiger partial charge on any atom is 0.248 e. The van der Waals surface area contributed by atoms with Gasteiger partial charge in [-0.15, -0.1) is 12.4 Å². The number of hydrogen-bond acceptors (Lipinski definition) is 3. The average molecular weight is 237 g/mol. The molecule has 90 valence electrons. The zero-order valence-electron chi connectivity index (χ0n) is 9.49. The molecule has 1 aliphatic heterocycles. The third-order valence-corrected chi connectivity index (χ3v) is 2.56. The summed E-state index contributed by atoms with van der Waals surface area (Å²) < 4.78 is 4.87. The molecule has 0 aromatic carbocycles. The summed E-state index contributed by atoms with van der Waals surface area (Å²) >= 11 is 0. The highest BCUT2D eigenvalue weighted by Gasteiger charge is 2.25. The lowest BCUT2D eigenvalue weighted by Crippen LogP contribution is -2.54. The maximum atomic E-state index is 11.7. The lowest BCUT2D eigenvalue weighted by molar-refractivity contribution is -0.138. The van der Waals surface area contributed by atoms with Crippen LogP contribution < -0.4 is 5.32 Å². The van der Waals surface area contributed by atoms with Crippen LogP contribution in [0, 0.1) is 0 Å². The van der Waals surface area contributed by atoms with Gasteiger partial charge in [-0.3, -0.25) is 4.79 Å². The molecule has 1 fully saturated rings. The molecule has 4 nitrogen and oxygen atoms in total. The molecule has 1 N–H and O–H groups in total. The Morgan fingerprint density at radius 1 is 1.60 bits per heavy atom. The van der Waals surface area contributed by atoms with E-state index in [2.05, 4.69) is 12.2 Å². The number of nitrogens with one attached hydrogen (secondary N) is 1. The van der Waals surface area contributed by atoms with Gasteiger partial charge in [-0.25, -0.2) is 0 Å². The molecule has 5 heteroatoms. The van der Waals surface area contributed by atoms with E-state index in [4.69, 9.17) is 4.74 Å². The van der Waals surface area contributed by atoms with Gasteiger partial charge in [0.2, 0.25) is 5.91 Å². The fourth-order valence-electron chi connectivity index (χ4n) is 1.89. The molecule has 0 saturated carbocycles. The van der Waals surface area contributed by atoms with E-state index in [0.717, 1.165) is 32.5 Å². The summed E-state index contributed by atoms with van der Waals surface area (Å²) in [6.45, 7) is 4.99. The van der Waals surface area contributed by atoms with E-state index in [1.165, 1.54) is 0 Å². The van der Waals surface area contributed by atoms with E-state index >= 15 is 0 Å². The highest BCUT2D eigenvalue weighted by Crippen LogP contribution is 2.09. The van der Waals surface area contributed by atoms with Crippen LogP contribution in [0.1, 0.15) is 19.8 Å². The number of ether oxygens (including phenoxy) is 1. The normalized spacial score (nSPS) is 20.9. The van der Waals surface area contributed by atoms with Crippen LogP contribution in [0.2, 0.25) is 0 Å². The fourth-order valence-corrected chi connectivity index (χ4v) is 1.89. The smallest absolute Gasteiger partial charge is 0.248 e. The minimum absolute atomic E-state index is 0. The highest BCUT2D eigenvalue weighted by atomic mass is 35.5. The fraction of sp³-hybridized carbons (Fsp3) is 0.900. The molecule has 0 aliphatic carbocycles. The number of rotatable bonds is 4. The van der Waals surface area contributed by atoms with Crippen LogP contribution in [0.15, 0.2) is 0 Å². The lowest BCUT2D eigenvalue weighted by atomic mass is 10.1. The lowest BCUT2D eigenvalue weighted by Gasteiger charge is -2.36. The first-order valence-corrected chi connectivity index (χ1v) is 5.28. The van der Waals surface area contributed by atoms with Crippen molar-refractivity contribution in [3.63, 3.8) is 0 Å². The zero-order valence-corrected chi connectivity index (χ0v) is 10.3. The van der Waals surface area contributed by atoms with Crippen molar-refractivity contribution in [1.29, 1.82) is 0 Å². The molecule has 0 aromatic rings. The van der Waals surface area contributed by atoms with Crippen molar-refractivity contribution in [1.82, 2.24) is 10.2 Å². The number of carbonyl (C=O) groups excluding carboxylic acids is 1. The number of hydrogen-bond donors (Lipinski definition) is 1. The van der Waals surface area contributed by atoms with Gasteiger partial charge in [0, 0.05) is 32.8 Å². The van der Waals surface area contributed by atoms with Crippen molar-refractivity contribution in [3.8, 4) is 0 Å². The summed E-state index contributed by atoms with van der Waals surface area (Å²) in [4.78, 5) is 13.6. The summed E-state index contributed by atoms with van der Waals surface area (Å²) in [5.74, 6) is 0.118. The Kier molecular flexibility index (Phi) is 7.74. The number of nitrogens with zero attached hydrogens (tertiary/aromatic N) is 1. The monoisotopic (exact) mass is 236 g/mol. The number of halogens is 1. The second-order valence-electron chi connectivity index (χ2n) is 3.67. The Bertz CT molecular complexity index is 188. The Labute approximate surface area is 97.8 Å². The van der Waals surface area contributed by atoms with Crippen LogP contribution in [0.3, 0.4) is 0 Å². The number of piperazine rings is 1. The summed E-state index contributed by atoms with van der Waals surface area (Å²) in [6, 6.07) is 0.358. The predicted octanol–water partition coefficient (Wildman–Crippen LogP) is 0.655. The van der Waals surface area contributed by atoms with Crippen molar-refractivity contribution >= 4 is 18.3 Å². The van der Waals surface area contributed by atoms with Crippen LogP contribution in [-0.2, 0) is 9.53 Å². The molecule has 0 aromatic heterocycles. The topological polar surface area (TPSA) is 41.6 Å². The molecule has 1 saturated heterocycles. The van der Waals surface area contributed by atoms with Crippen LogP contribution in [-0.4, -0.2) is 50.2 Å². The SMILES string of the molecule is CCCC1CNCCN1C(=O)COC.Cl. The van der Waals surface area contributed by atoms with Crippen LogP contribution in [0.25, 0.3) is 0 Å². The largest absolute Gasteiger partial charge is 0.375 e. The van der Waals surface area contributed by atoms with Crippen molar-refractivity contribution in [2.24, 2.45) is 0 Å². The number of carbonyl (C=O) groups is 1. The van der Waals surface area contributed by atoms with Gasteiger partial charge >= 0.3 is 0 Å². The Balaban J connectivity index is 0.00000196. The second-order valence-corrected chi connectivity index (χ2v) is 3.67. The summed E-state index contributed by atoms with van der Waals surface area (Å²) in [5.41, 5.74) is 0. The van der Waals surface area contributed by atoms with Gasteiger partial charge < -0.3 is 15.0 Å². The third-order valence-electron chi connectivity index (χ3n) is 2.56. The molecule has 0 spiro atoms. The minimum Gasteiger partial charge on any atom is -0.375 e. The third kappa shape index (κ3) is 4.36. The van der Waals surface area contributed by atoms with Crippen molar-refractivity contribution < 1.29 is 9.53 Å². The maximum absolute atomic E-state index is 11.7. The van der Waals surface area contributed by atoms with Gasteiger partial charge in [0.05, 0.1) is 0 Å². The zero-order chi connectivity index (χ0) is 10.4. The Morgan fingerprint density at radius 2 is 2.33 bits per heavy atom. The Hall–Kier alpha value is -0.320. The van der Waals surface area contributed by atoms with E-state index in [-0.39, 0.29) is 24.9 Å². The van der Waals surface area contributed by atoms with Crippen LogP contribution in [0.4, 0.5) is 0 Å². The molecule has 1 amide bonds. The standard InChI is InChI=1S/C10H20N2O2.ClH/c1-3-4-9-7-11-5-6-12(9)10(13)8-14-2;/h9,11H,3-8H2,1-2H3;1H. The summed E-state index contributed by atoms with van der Waals surface area (Å²) in [7, 11) is 1.56. The van der Waals surface area contributed by atoms with Crippen molar-refractivity contribution in [2.75, 3.05) is 33.4 Å². The number of amides is 1. The van der Waals surface area contributed by atoms with Crippen molar-refractivity contribution in [3.05, 3.63) is 0 Å². The van der Waals surface area contributed by atoms with Crippen molar-refractivity contribution in [2.45, 2.75) is 25.8 Å². The molecule has 1 aliphatic rings. The first-order chi connectivity index (χ1) is 6.79. The van der Waals surface area contributed by atoms with Gasteiger partial charge in [-0.05, 0) is 6.42 Å². The Morgan fingerprint density at radius 3 is 2.93 bits per heavy atom. The highest BCUT2D eigenvalue weighted by molar-refractivity contribution is 5.85. The van der Waals surface area contributed by atoms with E-state index in [9.17, 15) is 4.79 Å². The van der Waals surface area contributed by atoms with E-state index < -0.39 is 0 Å². The van der Waals surface area contributed by atoms with Crippen LogP contribution in [0.5, 0.6) is 0 Å². The number of methoxy groups -OCH3 is 1. The molecule has 1 unspecified atom stereocenters. The van der Waals surface area contributed by atoms with Crippen LogP contribution >= 0.6 is 12.4 Å². The van der Waals surface area contributed by atoms with Gasteiger partial charge in [-0.2, -0.15) is 0 Å². The average Bonchev–Trinajstić information content (AvgIpc) is 2.19. The molecule has 1 atom stereocenters. The molecular weight excluding hydrogens is 216 g/mol. The van der Waals surface area contributed by atoms with Gasteiger partial charge in [0.15, 0.2) is 0 Å². The second kappa shape index (κ2) is 7.91. The molecule has 1 rings (SSSR count). The minimum atomic E-state index is 0. The van der Waals surface area contributed by atoms with E-state index in [0.29, 0.717) is 6.04 Å². The molecule has 15 heavy (non-hydrogen) atoms. The molecular formula is C10H21ClN2O2.